The van der Waals surface area contributed by atoms with Crippen LogP contribution >= 0.6 is 0 Å². The molecule has 8 nitrogen and oxygen atoms in total. The Labute approximate surface area is 129 Å². The van der Waals surface area contributed by atoms with Crippen LogP contribution in [0.4, 0.5) is 0 Å². The molecule has 0 bridgehead atoms. The van der Waals surface area contributed by atoms with Crippen LogP contribution in [0.3, 0.4) is 0 Å². The number of amides is 1. The van der Waals surface area contributed by atoms with Crippen molar-refractivity contribution in [2.24, 2.45) is 21.6 Å². The average Bonchev–Trinajstić information content (AvgIpc) is 3.16. The number of nitrogens with one attached hydrogen (secondary N) is 4. The highest BCUT2D eigenvalue weighted by atomic mass is 16.2. The van der Waals surface area contributed by atoms with Crippen molar-refractivity contribution < 1.29 is 4.79 Å². The monoisotopic (exact) mass is 303 g/mol. The number of hydrogen-bond donors (Lipinski definition) is 5. The Morgan fingerprint density at radius 2 is 2.27 bits per heavy atom. The van der Waals surface area contributed by atoms with Crippen molar-refractivity contribution in [1.29, 1.82) is 0 Å². The minimum atomic E-state index is -0.486. The average molecular weight is 303 g/mol. The number of amidine groups is 1. The lowest BCUT2D eigenvalue weighted by molar-refractivity contribution is -0.128. The molecule has 3 rings (SSSR count). The molecule has 1 amide bonds. The summed E-state index contributed by atoms with van der Waals surface area (Å²) in [7, 11) is 0. The van der Waals surface area contributed by atoms with Crippen LogP contribution in [0.1, 0.15) is 32.1 Å². The fourth-order valence-electron chi connectivity index (χ4n) is 2.26. The first-order valence-corrected chi connectivity index (χ1v) is 7.47. The SMILES string of the molecule is C=CC(N)=NC1=CNNC(=NC2(NC(=O)C3CCC3)CC2)N1. The van der Waals surface area contributed by atoms with E-state index in [-0.39, 0.29) is 11.8 Å². The third-order valence-electron chi connectivity index (χ3n) is 3.99. The Bertz CT molecular complexity index is 570. The van der Waals surface area contributed by atoms with Gasteiger partial charge in [-0.15, -0.1) is 0 Å². The number of aliphatic imine (C=N–C) groups is 2. The quantitative estimate of drug-likeness (QED) is 0.356. The maximum absolute atomic E-state index is 12.1. The topological polar surface area (TPSA) is 116 Å². The Kier molecular flexibility index (Phi) is 3.74. The van der Waals surface area contributed by atoms with Crippen molar-refractivity contribution in [2.45, 2.75) is 37.8 Å². The molecule has 118 valence electrons. The predicted octanol–water partition coefficient (Wildman–Crippen LogP) is -0.212. The van der Waals surface area contributed by atoms with Gasteiger partial charge in [-0.3, -0.25) is 10.2 Å². The molecule has 0 aromatic carbocycles. The summed E-state index contributed by atoms with van der Waals surface area (Å²) in [5, 5.41) is 6.07. The fraction of sp³-hybridized carbons (Fsp3) is 0.500. The number of carbonyl (C=O) groups is 1. The highest BCUT2D eigenvalue weighted by Crippen LogP contribution is 2.38. The number of carbonyl (C=O) groups excluding carboxylic acids is 1. The summed E-state index contributed by atoms with van der Waals surface area (Å²) in [5.74, 6) is 1.61. The van der Waals surface area contributed by atoms with Crippen molar-refractivity contribution in [3.8, 4) is 0 Å². The molecule has 6 N–H and O–H groups in total. The van der Waals surface area contributed by atoms with Gasteiger partial charge in [0, 0.05) is 5.92 Å². The molecule has 2 fully saturated rings. The van der Waals surface area contributed by atoms with Gasteiger partial charge < -0.3 is 21.8 Å². The first-order valence-electron chi connectivity index (χ1n) is 7.47. The van der Waals surface area contributed by atoms with E-state index in [0.717, 1.165) is 32.1 Å². The summed E-state index contributed by atoms with van der Waals surface area (Å²) in [6, 6.07) is 0. The summed E-state index contributed by atoms with van der Waals surface area (Å²) in [6.45, 7) is 3.55. The normalized spacial score (nSPS) is 25.0. The largest absolute Gasteiger partial charge is 0.384 e. The van der Waals surface area contributed by atoms with Gasteiger partial charge in [0.1, 0.15) is 11.5 Å². The lowest BCUT2D eigenvalue weighted by Crippen LogP contribution is -2.50. The molecule has 2 aliphatic carbocycles. The summed E-state index contributed by atoms with van der Waals surface area (Å²) in [4.78, 5) is 20.8. The highest BCUT2D eigenvalue weighted by molar-refractivity contribution is 5.92. The number of nitrogens with two attached hydrogens (primary N) is 1. The molecule has 0 unspecified atom stereocenters. The van der Waals surface area contributed by atoms with Gasteiger partial charge in [-0.25, -0.2) is 9.98 Å². The number of guanidine groups is 1. The van der Waals surface area contributed by atoms with Gasteiger partial charge in [0.05, 0.1) is 6.20 Å². The van der Waals surface area contributed by atoms with Crippen LogP contribution in [0.25, 0.3) is 0 Å². The van der Waals surface area contributed by atoms with E-state index in [0.29, 0.717) is 17.6 Å². The smallest absolute Gasteiger partial charge is 0.224 e. The molecular weight excluding hydrogens is 282 g/mol. The second-order valence-corrected chi connectivity index (χ2v) is 5.77. The van der Waals surface area contributed by atoms with Crippen molar-refractivity contribution >= 4 is 17.7 Å². The van der Waals surface area contributed by atoms with Gasteiger partial charge in [0.25, 0.3) is 0 Å². The van der Waals surface area contributed by atoms with E-state index in [4.69, 9.17) is 5.73 Å². The number of hydrogen-bond acceptors (Lipinski definition) is 4. The third-order valence-corrected chi connectivity index (χ3v) is 3.99. The van der Waals surface area contributed by atoms with E-state index in [2.05, 4.69) is 38.0 Å². The van der Waals surface area contributed by atoms with Crippen LogP contribution in [0.2, 0.25) is 0 Å². The molecule has 0 atom stereocenters. The van der Waals surface area contributed by atoms with Crippen LogP contribution in [0, 0.1) is 5.92 Å². The van der Waals surface area contributed by atoms with E-state index >= 15 is 0 Å². The summed E-state index contributed by atoms with van der Waals surface area (Å²) < 4.78 is 0. The number of hydrazine groups is 1. The van der Waals surface area contributed by atoms with Crippen molar-refractivity contribution in [2.75, 3.05) is 0 Å². The van der Waals surface area contributed by atoms with E-state index in [1.165, 1.54) is 6.08 Å². The fourth-order valence-corrected chi connectivity index (χ4v) is 2.26. The standard InChI is InChI=1S/C14H21N7O/c1-2-10(15)17-11-8-16-21-13(18-11)20-14(6-7-14)19-12(22)9-4-3-5-9/h2,8-9,16H,1,3-7H2,(H2,15,17)(H,19,22)(H2,18,20,21). The molecule has 2 saturated carbocycles. The van der Waals surface area contributed by atoms with Gasteiger partial charge in [0.15, 0.2) is 5.82 Å². The zero-order valence-corrected chi connectivity index (χ0v) is 12.4. The zero-order valence-electron chi connectivity index (χ0n) is 12.4. The van der Waals surface area contributed by atoms with Crippen molar-refractivity contribution in [3.05, 3.63) is 24.7 Å². The van der Waals surface area contributed by atoms with Crippen LogP contribution < -0.4 is 27.2 Å². The van der Waals surface area contributed by atoms with E-state index in [1.807, 2.05) is 0 Å². The minimum Gasteiger partial charge on any atom is -0.384 e. The van der Waals surface area contributed by atoms with E-state index in [1.54, 1.807) is 6.20 Å². The van der Waals surface area contributed by atoms with E-state index < -0.39 is 5.66 Å². The van der Waals surface area contributed by atoms with Crippen LogP contribution in [0.15, 0.2) is 34.7 Å². The van der Waals surface area contributed by atoms with Gasteiger partial charge in [-0.2, -0.15) is 0 Å². The number of nitrogens with zero attached hydrogens (tertiary/aromatic N) is 2. The molecule has 8 heteroatoms. The lowest BCUT2D eigenvalue weighted by Gasteiger charge is -2.27. The molecule has 0 aromatic heterocycles. The molecule has 0 radical (unpaired) electrons. The molecule has 0 aromatic rings. The summed E-state index contributed by atoms with van der Waals surface area (Å²) >= 11 is 0. The molecular formula is C14H21N7O. The van der Waals surface area contributed by atoms with Crippen LogP contribution in [0.5, 0.6) is 0 Å². The van der Waals surface area contributed by atoms with Crippen LogP contribution in [-0.4, -0.2) is 23.4 Å². The molecule has 1 heterocycles. The maximum Gasteiger partial charge on any atom is 0.224 e. The molecule has 0 spiro atoms. The Morgan fingerprint density at radius 1 is 1.50 bits per heavy atom. The molecule has 3 aliphatic rings. The highest BCUT2D eigenvalue weighted by Gasteiger charge is 2.46. The zero-order chi connectivity index (χ0) is 15.6. The summed E-state index contributed by atoms with van der Waals surface area (Å²) in [6.07, 6.45) is 7.89. The minimum absolute atomic E-state index is 0.113. The maximum atomic E-state index is 12.1. The Morgan fingerprint density at radius 3 is 2.86 bits per heavy atom. The first-order chi connectivity index (χ1) is 10.6. The van der Waals surface area contributed by atoms with E-state index in [9.17, 15) is 4.79 Å². The number of rotatable bonds is 5. The van der Waals surface area contributed by atoms with Gasteiger partial charge in [-0.05, 0) is 31.8 Å². The molecule has 1 aliphatic heterocycles. The van der Waals surface area contributed by atoms with Gasteiger partial charge >= 0.3 is 0 Å². The van der Waals surface area contributed by atoms with Crippen molar-refractivity contribution in [1.82, 2.24) is 21.5 Å². The molecule has 22 heavy (non-hydrogen) atoms. The van der Waals surface area contributed by atoms with Crippen LogP contribution in [-0.2, 0) is 4.79 Å². The van der Waals surface area contributed by atoms with Gasteiger partial charge in [-0.1, -0.05) is 13.0 Å². The Balaban J connectivity index is 1.63. The first kappa shape index (κ1) is 14.4. The van der Waals surface area contributed by atoms with Gasteiger partial charge in [0.2, 0.25) is 11.9 Å². The Hall–Kier alpha value is -2.51. The third kappa shape index (κ3) is 3.21. The van der Waals surface area contributed by atoms with Crippen molar-refractivity contribution in [3.63, 3.8) is 0 Å². The molecule has 0 saturated heterocycles. The summed E-state index contributed by atoms with van der Waals surface area (Å²) in [5.41, 5.74) is 10.9. The lowest BCUT2D eigenvalue weighted by atomic mass is 9.85. The second kappa shape index (κ2) is 5.70. The predicted molar refractivity (Wildman–Crippen MR) is 84.2 cm³/mol. The second-order valence-electron chi connectivity index (χ2n) is 5.77.